The summed E-state index contributed by atoms with van der Waals surface area (Å²) in [5, 5.41) is 5.04. The van der Waals surface area contributed by atoms with E-state index in [0.717, 1.165) is 89.2 Å². The van der Waals surface area contributed by atoms with Crippen LogP contribution in [0.25, 0.3) is 0 Å². The van der Waals surface area contributed by atoms with Crippen molar-refractivity contribution in [2.45, 2.75) is 96.5 Å². The molecule has 1 unspecified atom stereocenters. The Morgan fingerprint density at radius 1 is 0.452 bits per heavy atom. The van der Waals surface area contributed by atoms with E-state index >= 15 is 0 Å². The van der Waals surface area contributed by atoms with Gasteiger partial charge in [-0.25, -0.2) is 29.9 Å². The van der Waals surface area contributed by atoms with Crippen molar-refractivity contribution >= 4 is 140 Å². The number of anilines is 6. The second kappa shape index (κ2) is 21.8. The van der Waals surface area contributed by atoms with Gasteiger partial charge in [-0.15, -0.1) is 0 Å². The highest BCUT2D eigenvalue weighted by molar-refractivity contribution is 8.00. The minimum Gasteiger partial charge on any atom is -0.381 e. The fraction of sp³-hybridized carbons (Fsp3) is 0.423. The number of halogens is 6. The number of nitrogen functional groups attached to an aromatic ring is 3. The molecule has 0 radical (unpaired) electrons. The van der Waals surface area contributed by atoms with E-state index in [4.69, 9.17) is 86.8 Å². The molecule has 3 saturated carbocycles. The van der Waals surface area contributed by atoms with E-state index in [-0.39, 0.29) is 7.43 Å². The molecule has 6 N–H and O–H groups in total. The molecule has 3 aliphatic heterocycles. The van der Waals surface area contributed by atoms with Crippen molar-refractivity contribution in [2.75, 3.05) is 71.2 Å². The van der Waals surface area contributed by atoms with Gasteiger partial charge in [-0.2, -0.15) is 0 Å². The molecular weight excluding hydrogens is 1100 g/mol. The first kappa shape index (κ1) is 54.3. The summed E-state index contributed by atoms with van der Waals surface area (Å²) in [4.78, 5) is 36.3. The molecule has 6 aliphatic rings. The second-order valence-electron chi connectivity index (χ2n) is 20.2. The number of benzene rings is 3. The molecule has 12 nitrogen and oxygen atoms in total. The number of hydrogen-bond donors (Lipinski definition) is 3. The summed E-state index contributed by atoms with van der Waals surface area (Å²) in [5.74, 6) is 6.32. The minimum atomic E-state index is 0. The van der Waals surface area contributed by atoms with Crippen molar-refractivity contribution in [1.82, 2.24) is 29.9 Å². The van der Waals surface area contributed by atoms with Crippen molar-refractivity contribution in [3.63, 3.8) is 0 Å². The number of rotatable bonds is 9. The van der Waals surface area contributed by atoms with Crippen LogP contribution in [0.3, 0.4) is 0 Å². The number of nitrogens with two attached hydrogens (primary N) is 3. The molecule has 3 aromatic heterocycles. The first-order valence-corrected chi connectivity index (χ1v) is 28.7. The third kappa shape index (κ3) is 10.8. The zero-order valence-electron chi connectivity index (χ0n) is 39.9. The van der Waals surface area contributed by atoms with Crippen LogP contribution in [0.1, 0.15) is 66.7 Å². The molecule has 3 spiro atoms. The first-order valence-electron chi connectivity index (χ1n) is 23.9. The van der Waals surface area contributed by atoms with Gasteiger partial charge in [0.25, 0.3) is 0 Å². The molecule has 386 valence electrons. The lowest BCUT2D eigenvalue weighted by molar-refractivity contribution is 0.0114. The van der Waals surface area contributed by atoms with Crippen LogP contribution >= 0.6 is 105 Å². The summed E-state index contributed by atoms with van der Waals surface area (Å²) in [6.07, 6.45) is 13.4. The van der Waals surface area contributed by atoms with Gasteiger partial charge in [0.05, 0.1) is 48.7 Å². The Morgan fingerprint density at radius 2 is 0.712 bits per heavy atom. The van der Waals surface area contributed by atoms with Gasteiger partial charge in [0.15, 0.2) is 17.5 Å². The summed E-state index contributed by atoms with van der Waals surface area (Å²) in [7, 11) is 0. The normalized spacial score (nSPS) is 21.2. The van der Waals surface area contributed by atoms with E-state index in [2.05, 4.69) is 65.4 Å². The van der Waals surface area contributed by atoms with Crippen molar-refractivity contribution in [3.05, 3.63) is 103 Å². The van der Waals surface area contributed by atoms with Gasteiger partial charge >= 0.3 is 0 Å². The van der Waals surface area contributed by atoms with Crippen molar-refractivity contribution < 1.29 is 0 Å². The van der Waals surface area contributed by atoms with Crippen LogP contribution in [-0.4, -0.2) is 69.2 Å². The van der Waals surface area contributed by atoms with Crippen LogP contribution < -0.4 is 31.9 Å². The van der Waals surface area contributed by atoms with Crippen LogP contribution in [-0.2, 0) is 0 Å². The van der Waals surface area contributed by atoms with Crippen LogP contribution in [0.2, 0.25) is 30.1 Å². The lowest BCUT2D eigenvalue weighted by Gasteiger charge is -2.60. The molecule has 6 heterocycles. The van der Waals surface area contributed by atoms with Gasteiger partial charge in [0.1, 0.15) is 32.5 Å². The monoisotopic (exact) mass is 1160 g/mol. The highest BCUT2D eigenvalue weighted by Gasteiger charge is 2.54. The van der Waals surface area contributed by atoms with E-state index in [1.807, 2.05) is 36.4 Å². The predicted molar refractivity (Wildman–Crippen MR) is 307 cm³/mol. The van der Waals surface area contributed by atoms with E-state index < -0.39 is 0 Å². The van der Waals surface area contributed by atoms with Gasteiger partial charge in [0, 0.05) is 70.2 Å². The van der Waals surface area contributed by atoms with E-state index in [9.17, 15) is 0 Å². The molecule has 0 amide bonds. The fourth-order valence-electron chi connectivity index (χ4n) is 10.4. The zero-order valence-corrected chi connectivity index (χ0v) is 46.9. The van der Waals surface area contributed by atoms with Crippen molar-refractivity contribution in [2.24, 2.45) is 34.0 Å². The van der Waals surface area contributed by atoms with Gasteiger partial charge < -0.3 is 31.9 Å². The second-order valence-corrected chi connectivity index (χ2v) is 25.6. The lowest BCUT2D eigenvalue weighted by atomic mass is 9.56. The van der Waals surface area contributed by atoms with E-state index in [0.29, 0.717) is 78.9 Å². The van der Waals surface area contributed by atoms with Crippen LogP contribution in [0.4, 0.5) is 34.9 Å². The Morgan fingerprint density at radius 3 is 0.918 bits per heavy atom. The maximum Gasteiger partial charge on any atom is 0.158 e. The molecule has 0 bridgehead atoms. The van der Waals surface area contributed by atoms with E-state index in [1.165, 1.54) is 73.8 Å². The Bertz CT molecular complexity index is 2690. The maximum absolute atomic E-state index is 6.23. The van der Waals surface area contributed by atoms with Gasteiger partial charge in [-0.1, -0.05) is 151 Å². The molecule has 3 aromatic carbocycles. The van der Waals surface area contributed by atoms with Crippen LogP contribution in [0.5, 0.6) is 0 Å². The summed E-state index contributed by atoms with van der Waals surface area (Å²) in [5.41, 5.74) is 19.9. The summed E-state index contributed by atoms with van der Waals surface area (Å²) in [6, 6.07) is 16.5. The summed E-state index contributed by atoms with van der Waals surface area (Å²) in [6.45, 7) is 13.4. The van der Waals surface area contributed by atoms with Gasteiger partial charge in [0.2, 0.25) is 0 Å². The third-order valence-corrected chi connectivity index (χ3v) is 22.0. The third-order valence-electron chi connectivity index (χ3n) is 16.0. The molecule has 6 aromatic rings. The highest BCUT2D eigenvalue weighted by atomic mass is 35.5. The van der Waals surface area contributed by atoms with Crippen molar-refractivity contribution in [1.29, 1.82) is 0 Å². The topological polar surface area (TPSA) is 165 Å². The summed E-state index contributed by atoms with van der Waals surface area (Å²) < 4.78 is 0. The van der Waals surface area contributed by atoms with Crippen molar-refractivity contribution in [3.8, 4) is 0 Å². The Hall–Kier alpha value is -3.51. The quantitative estimate of drug-likeness (QED) is 0.125. The molecule has 6 fully saturated rings. The smallest absolute Gasteiger partial charge is 0.158 e. The van der Waals surface area contributed by atoms with Crippen LogP contribution in [0.15, 0.2) is 103 Å². The molecule has 21 heteroatoms. The summed E-state index contributed by atoms with van der Waals surface area (Å²) >= 11 is 41.0. The predicted octanol–water partition coefficient (Wildman–Crippen LogP) is 14.9. The van der Waals surface area contributed by atoms with Crippen LogP contribution in [0, 0.1) is 34.0 Å². The van der Waals surface area contributed by atoms with Gasteiger partial charge in [-0.05, 0) is 92.7 Å². The Balaban J connectivity index is 0.000000134. The molecule has 12 rings (SSSR count). The van der Waals surface area contributed by atoms with E-state index in [1.54, 1.807) is 36.8 Å². The molecule has 73 heavy (non-hydrogen) atoms. The Labute approximate surface area is 471 Å². The molecule has 3 atom stereocenters. The SMILES string of the molecule is C.CC1CCC12CN(c1cnc(Sc3cccc(Cl)c3Cl)c(N)n1)C2.C[C@@H]1CCC12CN(c1cnc(Sc3cccc(Cl)c3Cl)c(N)n1)C2.C[C@H]1CCC12CN(c1cnc(Sc3cccc(Cl)c3Cl)c(N)n1)C2. The first-order chi connectivity index (χ1) is 34.4. The largest absolute Gasteiger partial charge is 0.381 e. The number of aromatic nitrogens is 6. The molecule has 3 aliphatic carbocycles. The number of nitrogens with zero attached hydrogens (tertiary/aromatic N) is 9. The standard InChI is InChI=1S/3C17H18Cl2N4S.CH4/c3*1-10-5-6-17(10)8-23(9-17)13-7-21-16(15(20)22-13)24-12-4-2-3-11(18)14(12)19;/h3*2-4,7,10H,5-6,8-9H2,1H3,(H2,20,22);1H4/t2*10-;;/m10../s1. The average Bonchev–Trinajstić information content (AvgIpc) is 3.31. The molecule has 3 saturated heterocycles. The maximum atomic E-state index is 6.23. The zero-order chi connectivity index (χ0) is 50.7. The minimum absolute atomic E-state index is 0. The van der Waals surface area contributed by atoms with Gasteiger partial charge in [-0.3, -0.25) is 0 Å². The fourth-order valence-corrected chi connectivity index (χ4v) is 14.2. The molecular formula is C52H58Cl6N12S3. The Kier molecular flexibility index (Phi) is 16.2. The highest BCUT2D eigenvalue weighted by Crippen LogP contribution is 2.56. The number of hydrogen-bond acceptors (Lipinski definition) is 15. The average molecular weight is 1160 g/mol. The lowest BCUT2D eigenvalue weighted by Crippen LogP contribution is -2.64.